The Balaban J connectivity index is 3.24. The van der Waals surface area contributed by atoms with E-state index in [0.717, 1.165) is 0 Å². The molecule has 0 unspecified atom stereocenters. The minimum absolute atomic E-state index is 0.0342. The molecule has 0 spiro atoms. The van der Waals surface area contributed by atoms with Crippen LogP contribution in [-0.2, 0) is 0 Å². The number of rotatable bonds is 1. The van der Waals surface area contributed by atoms with Crippen LogP contribution in [0.25, 0.3) is 0 Å². The van der Waals surface area contributed by atoms with Crippen molar-refractivity contribution < 1.29 is 31.4 Å². The summed E-state index contributed by atoms with van der Waals surface area (Å²) in [6.07, 6.45) is -5.11. The number of aromatic hydroxyl groups is 1. The molecule has 0 fully saturated rings. The lowest BCUT2D eigenvalue weighted by Gasteiger charge is -2.12. The van der Waals surface area contributed by atoms with Gasteiger partial charge in [-0.3, -0.25) is 5.32 Å². The van der Waals surface area contributed by atoms with Gasteiger partial charge in [-0.15, -0.1) is 0 Å². The summed E-state index contributed by atoms with van der Waals surface area (Å²) in [5.74, 6) is -7.24. The zero-order valence-corrected chi connectivity index (χ0v) is 6.79. The van der Waals surface area contributed by atoms with E-state index < -0.39 is 35.2 Å². The highest BCUT2D eigenvalue weighted by Crippen LogP contribution is 2.31. The predicted molar refractivity (Wildman–Crippen MR) is 37.7 cm³/mol. The van der Waals surface area contributed by atoms with Crippen LogP contribution in [0.5, 0.6) is 5.75 Å². The fourth-order valence-electron chi connectivity index (χ4n) is 0.839. The van der Waals surface area contributed by atoms with E-state index in [1.807, 2.05) is 0 Å². The molecule has 0 atom stereocenters. The molecule has 0 aromatic heterocycles. The highest BCUT2D eigenvalue weighted by molar-refractivity contribution is 5.50. The number of anilines is 1. The van der Waals surface area contributed by atoms with E-state index in [4.69, 9.17) is 5.11 Å². The second kappa shape index (κ2) is 3.52. The van der Waals surface area contributed by atoms with Crippen molar-refractivity contribution in [1.82, 2.24) is 0 Å². The van der Waals surface area contributed by atoms with E-state index in [1.165, 1.54) is 0 Å². The zero-order valence-electron chi connectivity index (χ0n) is 6.79. The van der Waals surface area contributed by atoms with Crippen molar-refractivity contribution >= 4 is 5.69 Å². The molecule has 15 heavy (non-hydrogen) atoms. The van der Waals surface area contributed by atoms with Crippen LogP contribution in [0.1, 0.15) is 0 Å². The third-order valence-electron chi connectivity index (χ3n) is 1.41. The van der Waals surface area contributed by atoms with Crippen molar-refractivity contribution in [3.63, 3.8) is 0 Å². The van der Waals surface area contributed by atoms with Gasteiger partial charge >= 0.3 is 6.30 Å². The van der Waals surface area contributed by atoms with E-state index in [0.29, 0.717) is 5.32 Å². The maximum atomic E-state index is 12.7. The fourth-order valence-corrected chi connectivity index (χ4v) is 0.839. The lowest BCUT2D eigenvalue weighted by atomic mass is 10.2. The second-order valence-corrected chi connectivity index (χ2v) is 2.50. The highest BCUT2D eigenvalue weighted by Gasteiger charge is 2.31. The summed E-state index contributed by atoms with van der Waals surface area (Å²) < 4.78 is 73.1. The molecule has 8 heteroatoms. The number of benzene rings is 1. The van der Waals surface area contributed by atoms with Gasteiger partial charge in [-0.1, -0.05) is 0 Å². The van der Waals surface area contributed by atoms with Gasteiger partial charge in [0.1, 0.15) is 5.69 Å². The molecule has 0 radical (unpaired) electrons. The van der Waals surface area contributed by atoms with Gasteiger partial charge in [0, 0.05) is 6.07 Å². The summed E-state index contributed by atoms with van der Waals surface area (Å²) in [7, 11) is 0. The van der Waals surface area contributed by atoms with Crippen LogP contribution in [0.4, 0.5) is 32.0 Å². The molecule has 0 heterocycles. The molecule has 84 valence electrons. The van der Waals surface area contributed by atoms with Crippen LogP contribution < -0.4 is 5.32 Å². The number of nitrogens with one attached hydrogen (secondary N) is 1. The molecule has 0 aliphatic rings. The number of halogens is 6. The average Bonchev–Trinajstić information content (AvgIpc) is 2.07. The third-order valence-corrected chi connectivity index (χ3v) is 1.41. The zero-order chi connectivity index (χ0) is 11.8. The molecule has 0 saturated carbocycles. The van der Waals surface area contributed by atoms with E-state index in [9.17, 15) is 26.3 Å². The van der Waals surface area contributed by atoms with Crippen molar-refractivity contribution in [2.45, 2.75) is 6.30 Å². The van der Waals surface area contributed by atoms with Gasteiger partial charge in [0.15, 0.2) is 17.4 Å². The quantitative estimate of drug-likeness (QED) is 0.337. The fraction of sp³-hybridized carbons (Fsp3) is 0.143. The topological polar surface area (TPSA) is 32.3 Å². The minimum atomic E-state index is -5.11. The number of hydrogen-bond acceptors (Lipinski definition) is 2. The van der Waals surface area contributed by atoms with Crippen LogP contribution in [0.3, 0.4) is 0 Å². The number of phenols is 1. The third kappa shape index (κ3) is 2.45. The summed E-state index contributed by atoms with van der Waals surface area (Å²) in [4.78, 5) is 0. The first-order valence-electron chi connectivity index (χ1n) is 3.43. The molecule has 0 aliphatic carbocycles. The maximum Gasteiger partial charge on any atom is 0.482 e. The van der Waals surface area contributed by atoms with Crippen molar-refractivity contribution in [2.75, 3.05) is 5.32 Å². The lowest BCUT2D eigenvalue weighted by molar-refractivity contribution is -0.100. The molecule has 0 bridgehead atoms. The molecule has 2 N–H and O–H groups in total. The second-order valence-electron chi connectivity index (χ2n) is 2.50. The smallest absolute Gasteiger partial charge is 0.482 e. The summed E-state index contributed by atoms with van der Waals surface area (Å²) in [6.45, 7) is 0. The molecule has 1 aromatic carbocycles. The molecular formula is C7H3F6NO. The Morgan fingerprint density at radius 3 is 2.07 bits per heavy atom. The van der Waals surface area contributed by atoms with Crippen LogP contribution in [0, 0.1) is 17.5 Å². The first kappa shape index (κ1) is 11.5. The van der Waals surface area contributed by atoms with E-state index in [2.05, 4.69) is 0 Å². The van der Waals surface area contributed by atoms with Crippen LogP contribution in [0.2, 0.25) is 0 Å². The van der Waals surface area contributed by atoms with Crippen LogP contribution >= 0.6 is 0 Å². The monoisotopic (exact) mass is 231 g/mol. The van der Waals surface area contributed by atoms with E-state index in [-0.39, 0.29) is 6.07 Å². The lowest BCUT2D eigenvalue weighted by Crippen LogP contribution is -2.22. The first-order chi connectivity index (χ1) is 6.72. The Kier molecular flexibility index (Phi) is 2.69. The van der Waals surface area contributed by atoms with Crippen LogP contribution in [-0.4, -0.2) is 11.4 Å². The maximum absolute atomic E-state index is 12.7. The van der Waals surface area contributed by atoms with Gasteiger partial charge in [0.2, 0.25) is 5.82 Å². The van der Waals surface area contributed by atoms with Crippen molar-refractivity contribution in [3.05, 3.63) is 23.5 Å². The summed E-state index contributed by atoms with van der Waals surface area (Å²) >= 11 is 0. The standard InChI is InChI=1S/C7H3F6NO/c8-2-1-3(15)4(9)5(10)6(2)14-7(11,12)13/h1,14-15H. The molecule has 1 rings (SSSR count). The van der Waals surface area contributed by atoms with Crippen molar-refractivity contribution in [2.24, 2.45) is 0 Å². The Bertz CT molecular complexity index is 388. The molecule has 2 nitrogen and oxygen atoms in total. The minimum Gasteiger partial charge on any atom is -0.505 e. The first-order valence-corrected chi connectivity index (χ1v) is 3.43. The normalized spacial score (nSPS) is 11.6. The summed E-state index contributed by atoms with van der Waals surface area (Å²) in [5.41, 5.74) is -1.70. The van der Waals surface area contributed by atoms with E-state index in [1.54, 1.807) is 0 Å². The molecule has 0 amide bonds. The average molecular weight is 231 g/mol. The van der Waals surface area contributed by atoms with Crippen LogP contribution in [0.15, 0.2) is 6.07 Å². The predicted octanol–water partition coefficient (Wildman–Crippen LogP) is 2.74. The van der Waals surface area contributed by atoms with Crippen molar-refractivity contribution in [3.8, 4) is 5.75 Å². The molecule has 0 aliphatic heterocycles. The van der Waals surface area contributed by atoms with Gasteiger partial charge < -0.3 is 5.11 Å². The van der Waals surface area contributed by atoms with Gasteiger partial charge in [-0.2, -0.15) is 17.6 Å². The van der Waals surface area contributed by atoms with Gasteiger partial charge in [0.25, 0.3) is 0 Å². The number of hydrogen-bond donors (Lipinski definition) is 2. The van der Waals surface area contributed by atoms with Gasteiger partial charge in [0.05, 0.1) is 0 Å². The van der Waals surface area contributed by atoms with Gasteiger partial charge in [-0.05, 0) is 0 Å². The number of phenolic OH excluding ortho intramolecular Hbond substituents is 1. The Hall–Kier alpha value is -1.60. The van der Waals surface area contributed by atoms with Gasteiger partial charge in [-0.25, -0.2) is 8.78 Å². The Labute approximate surface area is 79.1 Å². The largest absolute Gasteiger partial charge is 0.505 e. The molecule has 1 aromatic rings. The Morgan fingerprint density at radius 1 is 1.07 bits per heavy atom. The Morgan fingerprint density at radius 2 is 1.60 bits per heavy atom. The number of alkyl halides is 3. The SMILES string of the molecule is Oc1cc(F)c(NC(F)(F)F)c(F)c1F. The molecular weight excluding hydrogens is 228 g/mol. The molecule has 0 saturated heterocycles. The van der Waals surface area contributed by atoms with Crippen molar-refractivity contribution in [1.29, 1.82) is 0 Å². The summed E-state index contributed by atoms with van der Waals surface area (Å²) in [6, 6.07) is 0.0342. The highest BCUT2D eigenvalue weighted by atomic mass is 19.4. The van der Waals surface area contributed by atoms with E-state index >= 15 is 0 Å². The summed E-state index contributed by atoms with van der Waals surface area (Å²) in [5, 5.41) is 9.02.